The van der Waals surface area contributed by atoms with Crippen LogP contribution >= 0.6 is 11.8 Å². The van der Waals surface area contributed by atoms with E-state index in [0.717, 1.165) is 55.7 Å². The Balaban J connectivity index is 3.25. The van der Waals surface area contributed by atoms with Gasteiger partial charge in [-0.05, 0) is 45.4 Å². The van der Waals surface area contributed by atoms with Gasteiger partial charge in [0, 0.05) is 24.5 Å². The van der Waals surface area contributed by atoms with Crippen molar-refractivity contribution in [2.24, 2.45) is 0 Å². The van der Waals surface area contributed by atoms with Gasteiger partial charge in [-0.25, -0.2) is 0 Å². The zero-order valence-corrected chi connectivity index (χ0v) is 22.9. The van der Waals surface area contributed by atoms with Crippen molar-refractivity contribution >= 4 is 17.0 Å². The van der Waals surface area contributed by atoms with Crippen LogP contribution in [0.2, 0.25) is 0 Å². The normalized spacial score (nSPS) is 10.7. The van der Waals surface area contributed by atoms with Gasteiger partial charge in [0.25, 0.3) is 5.24 Å². The average molecular weight is 479 g/mol. The summed E-state index contributed by atoms with van der Waals surface area (Å²) in [7, 11) is 0. The molecule has 0 unspecified atom stereocenters. The molecular formula is C29H54N2OS. The lowest BCUT2D eigenvalue weighted by Gasteiger charge is -2.08. The van der Waals surface area contributed by atoms with E-state index < -0.39 is 0 Å². The Labute approximate surface area is 210 Å². The number of unbranched alkanes of at least 4 members (excludes halogenated alkanes) is 12. The van der Waals surface area contributed by atoms with Crippen molar-refractivity contribution in [2.45, 2.75) is 123 Å². The zero-order chi connectivity index (χ0) is 24.6. The van der Waals surface area contributed by atoms with Gasteiger partial charge in [-0.3, -0.25) is 4.79 Å². The number of thioether (sulfide) groups is 1. The van der Waals surface area contributed by atoms with Gasteiger partial charge < -0.3 is 10.6 Å². The number of hydrogen-bond acceptors (Lipinski definition) is 3. The van der Waals surface area contributed by atoms with E-state index in [-0.39, 0.29) is 5.24 Å². The van der Waals surface area contributed by atoms with Crippen LogP contribution in [0.25, 0.3) is 0 Å². The summed E-state index contributed by atoms with van der Waals surface area (Å²) in [6.07, 6.45) is 21.4. The van der Waals surface area contributed by atoms with Crippen LogP contribution < -0.4 is 10.6 Å². The van der Waals surface area contributed by atoms with Gasteiger partial charge in [0.1, 0.15) is 0 Å². The molecule has 2 N–H and O–H groups in total. The first kappa shape index (κ1) is 31.8. The first-order valence-corrected chi connectivity index (χ1v) is 14.6. The van der Waals surface area contributed by atoms with E-state index >= 15 is 0 Å². The summed E-state index contributed by atoms with van der Waals surface area (Å²) in [6, 6.07) is 0. The molecule has 0 aromatic rings. The molecular weight excluding hydrogens is 424 g/mol. The number of allylic oxidation sites excluding steroid dienone is 3. The highest BCUT2D eigenvalue weighted by atomic mass is 32.2. The van der Waals surface area contributed by atoms with Crippen molar-refractivity contribution in [3.05, 3.63) is 36.6 Å². The number of amides is 1. The minimum Gasteiger partial charge on any atom is -0.389 e. The molecule has 0 rings (SSSR count). The van der Waals surface area contributed by atoms with Crippen LogP contribution in [0.4, 0.5) is 4.79 Å². The van der Waals surface area contributed by atoms with Crippen LogP contribution in [0.1, 0.15) is 123 Å². The predicted octanol–water partition coefficient (Wildman–Crippen LogP) is 9.32. The molecule has 0 spiro atoms. The lowest BCUT2D eigenvalue weighted by atomic mass is 10.0. The quantitative estimate of drug-likeness (QED) is 0.107. The summed E-state index contributed by atoms with van der Waals surface area (Å²) >= 11 is 1.43. The SMILES string of the molecule is C=C(CCCCCCCCCCCCCCSC(=O)NCCCC(=C)C(=C)C)NCCCC. The molecule has 3 nitrogen and oxygen atoms in total. The second-order valence-corrected chi connectivity index (χ2v) is 10.5. The van der Waals surface area contributed by atoms with Gasteiger partial charge in [0.15, 0.2) is 0 Å². The monoisotopic (exact) mass is 478 g/mol. The molecule has 0 radical (unpaired) electrons. The topological polar surface area (TPSA) is 41.1 Å². The van der Waals surface area contributed by atoms with Gasteiger partial charge in [-0.15, -0.1) is 0 Å². The van der Waals surface area contributed by atoms with E-state index in [2.05, 4.69) is 37.3 Å². The molecule has 0 aliphatic rings. The summed E-state index contributed by atoms with van der Waals surface area (Å²) in [5, 5.41) is 6.53. The molecule has 33 heavy (non-hydrogen) atoms. The van der Waals surface area contributed by atoms with Crippen LogP contribution in [-0.4, -0.2) is 24.1 Å². The van der Waals surface area contributed by atoms with E-state index in [0.29, 0.717) is 0 Å². The maximum absolute atomic E-state index is 11.8. The van der Waals surface area contributed by atoms with Gasteiger partial charge in [-0.1, -0.05) is 120 Å². The average Bonchev–Trinajstić information content (AvgIpc) is 2.79. The Bertz CT molecular complexity index is 530. The summed E-state index contributed by atoms with van der Waals surface area (Å²) in [5.74, 6) is 0.937. The lowest BCUT2D eigenvalue weighted by Crippen LogP contribution is -2.20. The standard InChI is InChI=1S/C29H54N2OS/c1-6-7-23-30-28(5)22-18-16-14-12-10-8-9-11-13-15-17-19-25-33-29(32)31-24-20-21-27(4)26(2)3/h30H,2,4-25H2,1,3H3,(H,31,32). The molecule has 0 saturated heterocycles. The zero-order valence-electron chi connectivity index (χ0n) is 22.1. The highest BCUT2D eigenvalue weighted by Crippen LogP contribution is 2.15. The Hall–Kier alpha value is -1.16. The number of rotatable bonds is 24. The number of carbonyl (C=O) groups excluding carboxylic acids is 1. The minimum atomic E-state index is 0.115. The van der Waals surface area contributed by atoms with Crippen molar-refractivity contribution in [1.82, 2.24) is 10.6 Å². The smallest absolute Gasteiger partial charge is 0.279 e. The van der Waals surface area contributed by atoms with E-state index in [1.54, 1.807) is 0 Å². The van der Waals surface area contributed by atoms with E-state index in [1.165, 1.54) is 101 Å². The maximum atomic E-state index is 11.8. The van der Waals surface area contributed by atoms with E-state index in [9.17, 15) is 4.79 Å². The third kappa shape index (κ3) is 23.8. The fourth-order valence-electron chi connectivity index (χ4n) is 3.66. The third-order valence-electron chi connectivity index (χ3n) is 6.04. The van der Waals surface area contributed by atoms with Gasteiger partial charge >= 0.3 is 0 Å². The fourth-order valence-corrected chi connectivity index (χ4v) is 4.40. The van der Waals surface area contributed by atoms with Gasteiger partial charge in [-0.2, -0.15) is 0 Å². The lowest BCUT2D eigenvalue weighted by molar-refractivity contribution is 0.260. The Kier molecular flexibility index (Phi) is 23.1. The van der Waals surface area contributed by atoms with Crippen LogP contribution in [0.5, 0.6) is 0 Å². The number of carbonyl (C=O) groups is 1. The Morgan fingerprint density at radius 1 is 0.667 bits per heavy atom. The van der Waals surface area contributed by atoms with Crippen LogP contribution in [0, 0.1) is 0 Å². The minimum absolute atomic E-state index is 0.115. The summed E-state index contributed by atoms with van der Waals surface area (Å²) in [6.45, 7) is 18.0. The van der Waals surface area contributed by atoms with E-state index in [4.69, 9.17) is 0 Å². The van der Waals surface area contributed by atoms with E-state index in [1.807, 2.05) is 6.92 Å². The molecule has 0 fully saturated rings. The van der Waals surface area contributed by atoms with Crippen LogP contribution in [-0.2, 0) is 0 Å². The van der Waals surface area contributed by atoms with Gasteiger partial charge in [0.2, 0.25) is 0 Å². The summed E-state index contributed by atoms with van der Waals surface area (Å²) in [4.78, 5) is 11.8. The molecule has 0 aliphatic carbocycles. The summed E-state index contributed by atoms with van der Waals surface area (Å²) in [5.41, 5.74) is 3.35. The van der Waals surface area contributed by atoms with Gasteiger partial charge in [0.05, 0.1) is 0 Å². The molecule has 4 heteroatoms. The molecule has 0 aliphatic heterocycles. The Morgan fingerprint density at radius 3 is 1.73 bits per heavy atom. The van der Waals surface area contributed by atoms with Crippen molar-refractivity contribution in [2.75, 3.05) is 18.8 Å². The number of hydrogen-bond donors (Lipinski definition) is 2. The second kappa shape index (κ2) is 24.0. The van der Waals surface area contributed by atoms with Crippen LogP contribution in [0.15, 0.2) is 36.6 Å². The first-order valence-electron chi connectivity index (χ1n) is 13.6. The highest BCUT2D eigenvalue weighted by molar-refractivity contribution is 8.13. The molecule has 0 aromatic heterocycles. The number of nitrogens with one attached hydrogen (secondary N) is 2. The fraction of sp³-hybridized carbons (Fsp3) is 0.759. The maximum Gasteiger partial charge on any atom is 0.279 e. The molecule has 0 atom stereocenters. The summed E-state index contributed by atoms with van der Waals surface area (Å²) < 4.78 is 0. The van der Waals surface area contributed by atoms with Crippen molar-refractivity contribution in [3.63, 3.8) is 0 Å². The Morgan fingerprint density at radius 2 is 1.18 bits per heavy atom. The second-order valence-electron chi connectivity index (χ2n) is 9.43. The van der Waals surface area contributed by atoms with Crippen LogP contribution in [0.3, 0.4) is 0 Å². The molecule has 0 saturated carbocycles. The molecule has 0 heterocycles. The largest absolute Gasteiger partial charge is 0.389 e. The third-order valence-corrected chi connectivity index (χ3v) is 6.94. The van der Waals surface area contributed by atoms with Crippen molar-refractivity contribution < 1.29 is 4.79 Å². The molecule has 1 amide bonds. The highest BCUT2D eigenvalue weighted by Gasteiger charge is 2.02. The van der Waals surface area contributed by atoms with Crippen molar-refractivity contribution in [3.8, 4) is 0 Å². The predicted molar refractivity (Wildman–Crippen MR) is 151 cm³/mol. The first-order chi connectivity index (χ1) is 16.0. The molecule has 0 bridgehead atoms. The molecule has 0 aromatic carbocycles. The van der Waals surface area contributed by atoms with Crippen molar-refractivity contribution in [1.29, 1.82) is 0 Å². The molecule has 192 valence electrons.